The summed E-state index contributed by atoms with van der Waals surface area (Å²) in [6.45, 7) is 2.08. The van der Waals surface area contributed by atoms with E-state index in [1.807, 2.05) is 5.01 Å². The molecule has 1 unspecified atom stereocenters. The molecule has 10 nitrogen and oxygen atoms in total. The van der Waals surface area contributed by atoms with E-state index in [1.165, 1.54) is 16.4 Å². The average Bonchev–Trinajstić information content (AvgIpc) is 3.42. The van der Waals surface area contributed by atoms with E-state index in [0.29, 0.717) is 17.6 Å². The first kappa shape index (κ1) is 22.3. The van der Waals surface area contributed by atoms with E-state index in [9.17, 15) is 16.8 Å². The molecule has 12 heteroatoms. The van der Waals surface area contributed by atoms with Gasteiger partial charge in [-0.3, -0.25) is 0 Å². The Kier molecular flexibility index (Phi) is 5.65. The molecule has 0 saturated carbocycles. The van der Waals surface area contributed by atoms with Gasteiger partial charge in [0.05, 0.1) is 29.2 Å². The van der Waals surface area contributed by atoms with Crippen molar-refractivity contribution in [3.63, 3.8) is 0 Å². The van der Waals surface area contributed by atoms with Crippen molar-refractivity contribution >= 4 is 36.8 Å². The number of sulfonamides is 1. The van der Waals surface area contributed by atoms with Gasteiger partial charge in [0.25, 0.3) is 10.0 Å². The van der Waals surface area contributed by atoms with Crippen LogP contribution >= 0.6 is 0 Å². The Labute approximate surface area is 193 Å². The number of nitrogens with zero attached hydrogens (tertiary/aromatic N) is 3. The van der Waals surface area contributed by atoms with Crippen LogP contribution in [0.15, 0.2) is 53.7 Å². The minimum absolute atomic E-state index is 0.134. The van der Waals surface area contributed by atoms with Crippen LogP contribution in [0.5, 0.6) is 0 Å². The number of rotatable bonds is 6. The molecule has 33 heavy (non-hydrogen) atoms. The second-order valence-corrected chi connectivity index (χ2v) is 12.1. The third kappa shape index (κ3) is 4.24. The van der Waals surface area contributed by atoms with Gasteiger partial charge in [0.15, 0.2) is 5.65 Å². The monoisotopic (exact) mass is 490 g/mol. The van der Waals surface area contributed by atoms with Crippen molar-refractivity contribution in [3.8, 4) is 0 Å². The molecule has 2 aliphatic heterocycles. The zero-order chi connectivity index (χ0) is 23.2. The van der Waals surface area contributed by atoms with Gasteiger partial charge in [0.1, 0.15) is 0 Å². The van der Waals surface area contributed by atoms with Crippen molar-refractivity contribution in [2.24, 2.45) is 5.92 Å². The molecule has 3 N–H and O–H groups in total. The minimum Gasteiger partial charge on any atom is -0.317 e. The third-order valence-corrected chi connectivity index (χ3v) is 8.54. The van der Waals surface area contributed by atoms with Crippen molar-refractivity contribution in [1.82, 2.24) is 24.0 Å². The summed E-state index contributed by atoms with van der Waals surface area (Å²) >= 11 is 0. The number of benzene rings is 1. The van der Waals surface area contributed by atoms with Crippen LogP contribution in [-0.4, -0.2) is 56.3 Å². The second kappa shape index (κ2) is 8.37. The zero-order valence-corrected chi connectivity index (χ0v) is 19.7. The van der Waals surface area contributed by atoms with E-state index < -0.39 is 26.2 Å². The predicted molar refractivity (Wildman–Crippen MR) is 125 cm³/mol. The Balaban J connectivity index is 1.50. The minimum atomic E-state index is -3.79. The molecule has 1 atom stereocenters. The van der Waals surface area contributed by atoms with Crippen molar-refractivity contribution in [3.05, 3.63) is 54.4 Å². The number of hydrazine groups is 1. The first-order valence-electron chi connectivity index (χ1n) is 10.7. The lowest BCUT2D eigenvalue weighted by Gasteiger charge is -2.36. The maximum atomic E-state index is 13.2. The first-order valence-corrected chi connectivity index (χ1v) is 14.1. The van der Waals surface area contributed by atoms with Crippen LogP contribution in [0, 0.1) is 5.92 Å². The van der Waals surface area contributed by atoms with Crippen LogP contribution in [0.3, 0.4) is 0 Å². The molecule has 0 bridgehead atoms. The van der Waals surface area contributed by atoms with Gasteiger partial charge < -0.3 is 10.7 Å². The Hall–Kier alpha value is -2.51. The number of hydrogen-bond donors (Lipinski definition) is 3. The standard InChI is InChI=1S/C21H26N6O4S2/c1-32(28,29)25-20(15-7-10-22-11-8-15)26-14-18-17-9-12-27(21(17)23-13-19(18)24-26)33(30,31)16-5-3-2-4-6-16/h2-6,9,12-13,15,20,22,24-25H,7-8,10-11,14H2,1H3. The van der Waals surface area contributed by atoms with Gasteiger partial charge in [-0.25, -0.2) is 30.8 Å². The average molecular weight is 491 g/mol. The van der Waals surface area contributed by atoms with Gasteiger partial charge in [0.2, 0.25) is 10.0 Å². The van der Waals surface area contributed by atoms with Crippen molar-refractivity contribution in [1.29, 1.82) is 0 Å². The topological polar surface area (TPSA) is 125 Å². The number of fused-ring (bicyclic) bond motifs is 3. The molecular weight excluding hydrogens is 464 g/mol. The van der Waals surface area contributed by atoms with E-state index in [1.54, 1.807) is 42.6 Å². The largest absolute Gasteiger partial charge is 0.317 e. The predicted octanol–water partition coefficient (Wildman–Crippen LogP) is 1.29. The van der Waals surface area contributed by atoms with Crippen LogP contribution in [0.1, 0.15) is 18.4 Å². The highest BCUT2D eigenvalue weighted by Gasteiger charge is 2.35. The number of hydrogen-bond acceptors (Lipinski definition) is 8. The fourth-order valence-corrected chi connectivity index (χ4v) is 6.69. The Bertz CT molecular complexity index is 1380. The second-order valence-electron chi connectivity index (χ2n) is 8.48. The molecule has 2 aromatic heterocycles. The Morgan fingerprint density at radius 3 is 2.52 bits per heavy atom. The lowest BCUT2D eigenvalue weighted by Crippen LogP contribution is -2.54. The SMILES string of the molecule is CS(=O)(=O)NC(C1CCNCC1)N1Cc2c(cnc3c2ccn3S(=O)(=O)c2ccccc2)N1. The van der Waals surface area contributed by atoms with E-state index in [2.05, 4.69) is 20.4 Å². The summed E-state index contributed by atoms with van der Waals surface area (Å²) in [7, 11) is -7.23. The first-order chi connectivity index (χ1) is 15.7. The van der Waals surface area contributed by atoms with Gasteiger partial charge in [-0.05, 0) is 50.0 Å². The number of piperidine rings is 1. The molecule has 4 heterocycles. The molecule has 3 aromatic rings. The van der Waals surface area contributed by atoms with Gasteiger partial charge in [-0.15, -0.1) is 0 Å². The smallest absolute Gasteiger partial charge is 0.269 e. The summed E-state index contributed by atoms with van der Waals surface area (Å²) in [4.78, 5) is 4.62. The van der Waals surface area contributed by atoms with Gasteiger partial charge >= 0.3 is 0 Å². The summed E-state index contributed by atoms with van der Waals surface area (Å²) in [6.07, 6.45) is 5.55. The van der Waals surface area contributed by atoms with Crippen molar-refractivity contribution in [2.45, 2.75) is 30.4 Å². The van der Waals surface area contributed by atoms with Crippen LogP contribution in [0.4, 0.5) is 5.69 Å². The number of pyridine rings is 1. The van der Waals surface area contributed by atoms with Gasteiger partial charge in [-0.2, -0.15) is 4.72 Å². The highest BCUT2D eigenvalue weighted by molar-refractivity contribution is 7.90. The lowest BCUT2D eigenvalue weighted by atomic mass is 9.95. The highest BCUT2D eigenvalue weighted by atomic mass is 32.2. The molecular formula is C21H26N6O4S2. The Morgan fingerprint density at radius 2 is 1.82 bits per heavy atom. The molecule has 0 amide bonds. The van der Waals surface area contributed by atoms with Crippen LogP contribution in [0.2, 0.25) is 0 Å². The zero-order valence-electron chi connectivity index (χ0n) is 18.1. The highest BCUT2D eigenvalue weighted by Crippen LogP contribution is 2.35. The van der Waals surface area contributed by atoms with Crippen LogP contribution in [-0.2, 0) is 26.6 Å². The number of nitrogens with one attached hydrogen (secondary N) is 3. The summed E-state index contributed by atoms with van der Waals surface area (Å²) in [5.74, 6) is 0.134. The fourth-order valence-electron chi connectivity index (χ4n) is 4.61. The van der Waals surface area contributed by atoms with Crippen molar-refractivity contribution in [2.75, 3.05) is 24.8 Å². The third-order valence-electron chi connectivity index (χ3n) is 6.19. The van der Waals surface area contributed by atoms with E-state index in [-0.39, 0.29) is 10.8 Å². The molecule has 5 rings (SSSR count). The van der Waals surface area contributed by atoms with Gasteiger partial charge in [-0.1, -0.05) is 18.2 Å². The summed E-state index contributed by atoms with van der Waals surface area (Å²) in [5, 5.41) is 5.90. The molecule has 0 aliphatic carbocycles. The maximum Gasteiger partial charge on any atom is 0.269 e. The molecule has 1 saturated heterocycles. The Morgan fingerprint density at radius 1 is 1.09 bits per heavy atom. The maximum absolute atomic E-state index is 13.2. The van der Waals surface area contributed by atoms with Crippen LogP contribution in [0.25, 0.3) is 11.0 Å². The van der Waals surface area contributed by atoms with Crippen LogP contribution < -0.4 is 15.5 Å². The quantitative estimate of drug-likeness (QED) is 0.472. The lowest BCUT2D eigenvalue weighted by molar-refractivity contribution is 0.139. The molecule has 0 spiro atoms. The van der Waals surface area contributed by atoms with E-state index in [4.69, 9.17) is 0 Å². The van der Waals surface area contributed by atoms with Gasteiger partial charge in [0, 0.05) is 23.7 Å². The summed E-state index contributed by atoms with van der Waals surface area (Å²) < 4.78 is 54.5. The molecule has 0 radical (unpaired) electrons. The summed E-state index contributed by atoms with van der Waals surface area (Å²) in [6, 6.07) is 9.98. The molecule has 2 aliphatic rings. The number of aromatic nitrogens is 2. The van der Waals surface area contributed by atoms with E-state index in [0.717, 1.165) is 37.2 Å². The molecule has 1 fully saturated rings. The summed E-state index contributed by atoms with van der Waals surface area (Å²) in [5.41, 5.74) is 5.26. The van der Waals surface area contributed by atoms with Crippen molar-refractivity contribution < 1.29 is 16.8 Å². The molecule has 1 aromatic carbocycles. The fraction of sp³-hybridized carbons (Fsp3) is 0.381. The molecule has 176 valence electrons. The van der Waals surface area contributed by atoms with E-state index >= 15 is 0 Å². The number of anilines is 1. The normalized spacial score (nSPS) is 18.8.